The number of carbonyl (C=O) groups is 1. The predicted octanol–water partition coefficient (Wildman–Crippen LogP) is 0.0923. The standard InChI is InChI=1S/C5H5NO4/c7-3-4-1-2-5(10-4)6(8)9/h2-4H,1H2. The summed E-state index contributed by atoms with van der Waals surface area (Å²) in [7, 11) is 0. The second-order valence-corrected chi connectivity index (χ2v) is 1.83. The molecule has 0 spiro atoms. The first-order valence-corrected chi connectivity index (χ1v) is 2.70. The molecule has 0 radical (unpaired) electrons. The van der Waals surface area contributed by atoms with Crippen molar-refractivity contribution in [2.75, 3.05) is 0 Å². The third-order valence-electron chi connectivity index (χ3n) is 1.13. The molecule has 0 saturated carbocycles. The summed E-state index contributed by atoms with van der Waals surface area (Å²) >= 11 is 0. The Kier molecular flexibility index (Phi) is 1.66. The van der Waals surface area contributed by atoms with E-state index in [1.807, 2.05) is 0 Å². The van der Waals surface area contributed by atoms with Gasteiger partial charge < -0.3 is 4.74 Å². The Labute approximate surface area is 56.4 Å². The third kappa shape index (κ3) is 1.12. The first kappa shape index (κ1) is 6.73. The second-order valence-electron chi connectivity index (χ2n) is 1.83. The Hall–Kier alpha value is -1.39. The Balaban J connectivity index is 2.54. The van der Waals surface area contributed by atoms with Crippen LogP contribution in [0.25, 0.3) is 0 Å². The Bertz CT molecular complexity index is 198. The van der Waals surface area contributed by atoms with E-state index >= 15 is 0 Å². The van der Waals surface area contributed by atoms with Crippen LogP contribution in [0.4, 0.5) is 0 Å². The molecule has 0 bridgehead atoms. The van der Waals surface area contributed by atoms with E-state index in [-0.39, 0.29) is 5.88 Å². The molecule has 0 aliphatic carbocycles. The van der Waals surface area contributed by atoms with Crippen LogP contribution in [0.1, 0.15) is 6.42 Å². The maximum Gasteiger partial charge on any atom is 0.424 e. The summed E-state index contributed by atoms with van der Waals surface area (Å²) in [5.41, 5.74) is 0. The van der Waals surface area contributed by atoms with Gasteiger partial charge >= 0.3 is 5.88 Å². The van der Waals surface area contributed by atoms with Crippen molar-refractivity contribution in [1.82, 2.24) is 0 Å². The minimum Gasteiger partial charge on any atom is -0.429 e. The number of ether oxygens (including phenoxy) is 1. The zero-order chi connectivity index (χ0) is 7.56. The van der Waals surface area contributed by atoms with E-state index in [0.717, 1.165) is 0 Å². The zero-order valence-corrected chi connectivity index (χ0v) is 5.02. The lowest BCUT2D eigenvalue weighted by molar-refractivity contribution is -0.462. The maximum atomic E-state index is 9.99. The summed E-state index contributed by atoms with van der Waals surface area (Å²) in [5.74, 6) is -0.322. The van der Waals surface area contributed by atoms with Crippen molar-refractivity contribution in [3.63, 3.8) is 0 Å². The molecule has 1 heterocycles. The highest BCUT2D eigenvalue weighted by Gasteiger charge is 2.25. The van der Waals surface area contributed by atoms with Gasteiger partial charge in [-0.25, -0.2) is 0 Å². The largest absolute Gasteiger partial charge is 0.429 e. The average molecular weight is 143 g/mol. The normalized spacial score (nSPS) is 23.2. The molecule has 5 nitrogen and oxygen atoms in total. The first-order valence-electron chi connectivity index (χ1n) is 2.70. The van der Waals surface area contributed by atoms with Gasteiger partial charge in [-0.05, 0) is 0 Å². The fourth-order valence-electron chi connectivity index (χ4n) is 0.669. The van der Waals surface area contributed by atoms with Gasteiger partial charge in [0.2, 0.25) is 0 Å². The van der Waals surface area contributed by atoms with Gasteiger partial charge in [0.05, 0.1) is 0 Å². The summed E-state index contributed by atoms with van der Waals surface area (Å²) in [6.45, 7) is 0. The lowest BCUT2D eigenvalue weighted by Crippen LogP contribution is -2.09. The summed E-state index contributed by atoms with van der Waals surface area (Å²) in [4.78, 5) is 19.3. The molecule has 0 aromatic carbocycles. The Morgan fingerprint density at radius 3 is 2.90 bits per heavy atom. The topological polar surface area (TPSA) is 69.4 Å². The fourth-order valence-corrected chi connectivity index (χ4v) is 0.669. The van der Waals surface area contributed by atoms with Crippen LogP contribution >= 0.6 is 0 Å². The van der Waals surface area contributed by atoms with Gasteiger partial charge in [0.25, 0.3) is 0 Å². The lowest BCUT2D eigenvalue weighted by atomic mass is 10.3. The number of nitro groups is 1. The first-order chi connectivity index (χ1) is 4.74. The molecule has 1 rings (SSSR count). The maximum absolute atomic E-state index is 9.99. The molecular formula is C5H5NO4. The van der Waals surface area contributed by atoms with Crippen LogP contribution in [0.2, 0.25) is 0 Å². The van der Waals surface area contributed by atoms with Crippen LogP contribution in [-0.2, 0) is 9.53 Å². The quantitative estimate of drug-likeness (QED) is 0.312. The number of hydrogen-bond acceptors (Lipinski definition) is 4. The molecule has 1 aliphatic heterocycles. The number of hydrogen-bond donors (Lipinski definition) is 0. The molecule has 0 saturated heterocycles. The molecule has 0 N–H and O–H groups in total. The summed E-state index contributed by atoms with van der Waals surface area (Å²) in [6, 6.07) is 0. The third-order valence-corrected chi connectivity index (χ3v) is 1.13. The molecule has 0 fully saturated rings. The van der Waals surface area contributed by atoms with Crippen molar-refractivity contribution < 1.29 is 14.5 Å². The van der Waals surface area contributed by atoms with Crippen molar-refractivity contribution in [1.29, 1.82) is 0 Å². The summed E-state index contributed by atoms with van der Waals surface area (Å²) < 4.78 is 4.57. The molecule has 0 aromatic heterocycles. The van der Waals surface area contributed by atoms with Crippen LogP contribution in [0, 0.1) is 10.1 Å². The van der Waals surface area contributed by atoms with Gasteiger partial charge in [0, 0.05) is 12.5 Å². The fraction of sp³-hybridized carbons (Fsp3) is 0.400. The number of nitrogens with zero attached hydrogens (tertiary/aromatic N) is 1. The van der Waals surface area contributed by atoms with E-state index in [2.05, 4.69) is 4.74 Å². The highest BCUT2D eigenvalue weighted by atomic mass is 16.7. The molecule has 0 amide bonds. The van der Waals surface area contributed by atoms with Crippen LogP contribution in [0.5, 0.6) is 0 Å². The highest BCUT2D eigenvalue weighted by Crippen LogP contribution is 2.14. The minimum absolute atomic E-state index is 0.305. The molecular weight excluding hydrogens is 138 g/mol. The van der Waals surface area contributed by atoms with Crippen molar-refractivity contribution in [3.05, 3.63) is 22.1 Å². The van der Waals surface area contributed by atoms with Crippen LogP contribution in [0.3, 0.4) is 0 Å². The molecule has 1 atom stereocenters. The van der Waals surface area contributed by atoms with Crippen LogP contribution < -0.4 is 0 Å². The SMILES string of the molecule is O=CC1CC=C([N+](=O)[O-])O1. The highest BCUT2D eigenvalue weighted by molar-refractivity contribution is 5.57. The summed E-state index contributed by atoms with van der Waals surface area (Å²) in [5, 5.41) is 9.96. The number of aldehydes is 1. The molecule has 1 aliphatic rings. The predicted molar refractivity (Wildman–Crippen MR) is 30.6 cm³/mol. The van der Waals surface area contributed by atoms with Gasteiger partial charge in [-0.3, -0.25) is 14.9 Å². The van der Waals surface area contributed by atoms with Crippen molar-refractivity contribution in [2.45, 2.75) is 12.5 Å². The Morgan fingerprint density at radius 2 is 2.60 bits per heavy atom. The van der Waals surface area contributed by atoms with E-state index < -0.39 is 11.0 Å². The van der Waals surface area contributed by atoms with E-state index in [9.17, 15) is 14.9 Å². The molecule has 10 heavy (non-hydrogen) atoms. The van der Waals surface area contributed by atoms with E-state index in [1.165, 1.54) is 6.08 Å². The zero-order valence-electron chi connectivity index (χ0n) is 5.02. The number of rotatable bonds is 2. The van der Waals surface area contributed by atoms with E-state index in [1.54, 1.807) is 0 Å². The Morgan fingerprint density at radius 1 is 1.90 bits per heavy atom. The molecule has 0 aromatic rings. The van der Waals surface area contributed by atoms with Gasteiger partial charge in [-0.1, -0.05) is 0 Å². The second kappa shape index (κ2) is 2.47. The summed E-state index contributed by atoms with van der Waals surface area (Å²) in [6.07, 6.45) is 1.49. The monoisotopic (exact) mass is 143 g/mol. The average Bonchev–Trinajstić information content (AvgIpc) is 2.34. The smallest absolute Gasteiger partial charge is 0.424 e. The molecule has 54 valence electrons. The van der Waals surface area contributed by atoms with Crippen molar-refractivity contribution in [2.24, 2.45) is 0 Å². The van der Waals surface area contributed by atoms with Crippen molar-refractivity contribution in [3.8, 4) is 0 Å². The van der Waals surface area contributed by atoms with Gasteiger partial charge in [0.1, 0.15) is 4.92 Å². The van der Waals surface area contributed by atoms with Gasteiger partial charge in [-0.15, -0.1) is 0 Å². The van der Waals surface area contributed by atoms with Gasteiger partial charge in [0.15, 0.2) is 12.4 Å². The van der Waals surface area contributed by atoms with Gasteiger partial charge in [-0.2, -0.15) is 0 Å². The van der Waals surface area contributed by atoms with E-state index in [0.29, 0.717) is 12.7 Å². The van der Waals surface area contributed by atoms with Crippen LogP contribution in [-0.4, -0.2) is 17.3 Å². The lowest BCUT2D eigenvalue weighted by Gasteiger charge is -1.98. The van der Waals surface area contributed by atoms with Crippen molar-refractivity contribution >= 4 is 6.29 Å². The number of carbonyl (C=O) groups excluding carboxylic acids is 1. The minimum atomic E-state index is -0.652. The van der Waals surface area contributed by atoms with Crippen LogP contribution in [0.15, 0.2) is 12.0 Å². The van der Waals surface area contributed by atoms with E-state index in [4.69, 9.17) is 0 Å². The molecule has 5 heteroatoms. The molecule has 1 unspecified atom stereocenters.